The minimum Gasteiger partial charge on any atom is -0.135 e. The van der Waals surface area contributed by atoms with Gasteiger partial charge in [-0.2, -0.15) is 0 Å². The van der Waals surface area contributed by atoms with Crippen molar-refractivity contribution < 1.29 is 0 Å². The lowest BCUT2D eigenvalue weighted by Crippen LogP contribution is -2.12. The van der Waals surface area contributed by atoms with Gasteiger partial charge >= 0.3 is 0 Å². The van der Waals surface area contributed by atoms with Crippen molar-refractivity contribution in [2.24, 2.45) is 0 Å². The van der Waals surface area contributed by atoms with Crippen LogP contribution in [-0.4, -0.2) is 0 Å². The molecule has 0 unspecified atom stereocenters. The van der Waals surface area contributed by atoms with E-state index in [1.54, 1.807) is 0 Å². The number of aryl methyl sites for hydroxylation is 1. The topological polar surface area (TPSA) is 0 Å². The van der Waals surface area contributed by atoms with Crippen LogP contribution >= 0.6 is 11.3 Å². The van der Waals surface area contributed by atoms with Crippen LogP contribution in [0.1, 0.15) is 31.9 Å². The van der Waals surface area contributed by atoms with Crippen molar-refractivity contribution in [1.29, 1.82) is 0 Å². The molecule has 0 fully saturated rings. The van der Waals surface area contributed by atoms with E-state index in [1.165, 1.54) is 31.3 Å². The molecule has 0 saturated carbocycles. The molecule has 1 aromatic heterocycles. The predicted octanol–water partition coefficient (Wildman–Crippen LogP) is 5.66. The van der Waals surface area contributed by atoms with Crippen molar-refractivity contribution in [3.05, 3.63) is 47.5 Å². The fourth-order valence-electron chi connectivity index (χ4n) is 2.80. The lowest BCUT2D eigenvalue weighted by molar-refractivity contribution is 0.587. The number of benzene rings is 2. The highest BCUT2D eigenvalue weighted by Crippen LogP contribution is 2.39. The van der Waals surface area contributed by atoms with Gasteiger partial charge in [0.2, 0.25) is 0 Å². The molecule has 0 aliphatic rings. The monoisotopic (exact) mass is 254 g/mol. The Morgan fingerprint density at radius 2 is 1.61 bits per heavy atom. The van der Waals surface area contributed by atoms with Gasteiger partial charge < -0.3 is 0 Å². The zero-order valence-corrected chi connectivity index (χ0v) is 12.2. The van der Waals surface area contributed by atoms with Gasteiger partial charge in [-0.1, -0.05) is 45.0 Å². The van der Waals surface area contributed by atoms with E-state index in [2.05, 4.69) is 64.1 Å². The fraction of sp³-hybridized carbons (Fsp3) is 0.294. The van der Waals surface area contributed by atoms with E-state index < -0.39 is 0 Å². The van der Waals surface area contributed by atoms with E-state index in [0.717, 1.165) is 0 Å². The summed E-state index contributed by atoms with van der Waals surface area (Å²) in [5, 5.41) is 2.85. The lowest BCUT2D eigenvalue weighted by atomic mass is 9.83. The maximum Gasteiger partial charge on any atom is 0.0358 e. The molecule has 0 atom stereocenters. The first-order valence-electron chi connectivity index (χ1n) is 6.40. The molecule has 0 radical (unpaired) electrons. The molecule has 1 heteroatoms. The number of rotatable bonds is 0. The molecule has 0 amide bonds. The Morgan fingerprint density at radius 3 is 2.33 bits per heavy atom. The maximum atomic E-state index is 2.30. The fourth-order valence-corrected chi connectivity index (χ4v) is 3.96. The van der Waals surface area contributed by atoms with Crippen LogP contribution in [0.2, 0.25) is 0 Å². The highest BCUT2D eigenvalue weighted by atomic mass is 32.1. The quantitative estimate of drug-likeness (QED) is 0.485. The zero-order valence-electron chi connectivity index (χ0n) is 11.4. The van der Waals surface area contributed by atoms with E-state index in [9.17, 15) is 0 Å². The standard InChI is InChI=1S/C17H18S/c1-11-13(17(2,3)4)9-10-15-16(11)12-7-5-6-8-14(12)18-15/h5-10H,1-4H3. The third kappa shape index (κ3) is 1.65. The molecule has 0 bridgehead atoms. The normalized spacial score (nSPS) is 12.4. The molecule has 1 heterocycles. The van der Waals surface area contributed by atoms with Gasteiger partial charge in [0.05, 0.1) is 0 Å². The van der Waals surface area contributed by atoms with Crippen LogP contribution in [0.25, 0.3) is 20.2 Å². The van der Waals surface area contributed by atoms with Crippen LogP contribution in [0.4, 0.5) is 0 Å². The van der Waals surface area contributed by atoms with Gasteiger partial charge in [-0.05, 0) is 35.6 Å². The van der Waals surface area contributed by atoms with Crippen molar-refractivity contribution >= 4 is 31.5 Å². The third-order valence-corrected chi connectivity index (χ3v) is 4.75. The summed E-state index contributed by atoms with van der Waals surface area (Å²) in [7, 11) is 0. The largest absolute Gasteiger partial charge is 0.135 e. The lowest BCUT2D eigenvalue weighted by Gasteiger charge is -2.22. The SMILES string of the molecule is Cc1c(C(C)(C)C)ccc2sc3ccccc3c12. The van der Waals surface area contributed by atoms with Gasteiger partial charge in [0.25, 0.3) is 0 Å². The molecule has 3 aromatic rings. The van der Waals surface area contributed by atoms with Crippen LogP contribution in [0.5, 0.6) is 0 Å². The van der Waals surface area contributed by atoms with Gasteiger partial charge in [-0.25, -0.2) is 0 Å². The Balaban J connectivity index is 2.47. The van der Waals surface area contributed by atoms with E-state index in [1.807, 2.05) is 11.3 Å². The number of thiophene rings is 1. The summed E-state index contributed by atoms with van der Waals surface area (Å²) in [6.45, 7) is 9.13. The zero-order chi connectivity index (χ0) is 12.9. The predicted molar refractivity (Wildman–Crippen MR) is 82.8 cm³/mol. The van der Waals surface area contributed by atoms with Crippen LogP contribution < -0.4 is 0 Å². The molecule has 0 spiro atoms. The third-order valence-electron chi connectivity index (χ3n) is 3.61. The summed E-state index contributed by atoms with van der Waals surface area (Å²) in [6, 6.07) is 13.3. The van der Waals surface area contributed by atoms with Crippen LogP contribution in [-0.2, 0) is 5.41 Å². The van der Waals surface area contributed by atoms with E-state index >= 15 is 0 Å². The van der Waals surface area contributed by atoms with E-state index in [0.29, 0.717) is 0 Å². The Kier molecular flexibility index (Phi) is 2.49. The molecule has 0 saturated heterocycles. The van der Waals surface area contributed by atoms with Crippen LogP contribution in [0.3, 0.4) is 0 Å². The van der Waals surface area contributed by atoms with Gasteiger partial charge in [-0.3, -0.25) is 0 Å². The molecule has 0 nitrogen and oxygen atoms in total. The second-order valence-electron chi connectivity index (χ2n) is 5.96. The Morgan fingerprint density at radius 1 is 0.889 bits per heavy atom. The molecule has 2 aromatic carbocycles. The second-order valence-corrected chi connectivity index (χ2v) is 7.04. The summed E-state index contributed by atoms with van der Waals surface area (Å²) in [5.41, 5.74) is 3.11. The summed E-state index contributed by atoms with van der Waals surface area (Å²) < 4.78 is 2.79. The molecule has 0 N–H and O–H groups in total. The first kappa shape index (κ1) is 11.7. The Bertz CT molecular complexity index is 726. The molecular formula is C17H18S. The van der Waals surface area contributed by atoms with Crippen molar-refractivity contribution in [3.8, 4) is 0 Å². The van der Waals surface area contributed by atoms with Gasteiger partial charge in [0.1, 0.15) is 0 Å². The minimum absolute atomic E-state index is 0.210. The van der Waals surface area contributed by atoms with Crippen LogP contribution in [0, 0.1) is 6.92 Å². The van der Waals surface area contributed by atoms with Crippen molar-refractivity contribution in [2.75, 3.05) is 0 Å². The number of fused-ring (bicyclic) bond motifs is 3. The summed E-state index contributed by atoms with van der Waals surface area (Å²) >= 11 is 1.90. The van der Waals surface area contributed by atoms with E-state index in [-0.39, 0.29) is 5.41 Å². The van der Waals surface area contributed by atoms with Gasteiger partial charge in [0.15, 0.2) is 0 Å². The first-order chi connectivity index (χ1) is 8.48. The molecule has 0 aliphatic heterocycles. The Labute approximate surface area is 112 Å². The molecule has 3 rings (SSSR count). The highest BCUT2D eigenvalue weighted by molar-refractivity contribution is 7.25. The van der Waals surface area contributed by atoms with E-state index in [4.69, 9.17) is 0 Å². The highest BCUT2D eigenvalue weighted by Gasteiger charge is 2.19. The molecular weight excluding hydrogens is 236 g/mol. The smallest absolute Gasteiger partial charge is 0.0358 e. The number of hydrogen-bond acceptors (Lipinski definition) is 1. The van der Waals surface area contributed by atoms with Crippen molar-refractivity contribution in [2.45, 2.75) is 33.1 Å². The first-order valence-corrected chi connectivity index (χ1v) is 7.21. The summed E-state index contributed by atoms with van der Waals surface area (Å²) in [6.07, 6.45) is 0. The summed E-state index contributed by atoms with van der Waals surface area (Å²) in [4.78, 5) is 0. The molecule has 0 aliphatic carbocycles. The average molecular weight is 254 g/mol. The summed E-state index contributed by atoms with van der Waals surface area (Å²) in [5.74, 6) is 0. The molecule has 18 heavy (non-hydrogen) atoms. The maximum absolute atomic E-state index is 2.30. The average Bonchev–Trinajstić information content (AvgIpc) is 2.66. The van der Waals surface area contributed by atoms with Gasteiger partial charge in [-0.15, -0.1) is 11.3 Å². The second kappa shape index (κ2) is 3.83. The van der Waals surface area contributed by atoms with Crippen LogP contribution in [0.15, 0.2) is 36.4 Å². The van der Waals surface area contributed by atoms with Crippen molar-refractivity contribution in [1.82, 2.24) is 0 Å². The minimum atomic E-state index is 0.210. The Hall–Kier alpha value is -1.34. The molecule has 92 valence electrons. The number of hydrogen-bond donors (Lipinski definition) is 0. The van der Waals surface area contributed by atoms with Gasteiger partial charge in [0, 0.05) is 20.2 Å². The van der Waals surface area contributed by atoms with Crippen molar-refractivity contribution in [3.63, 3.8) is 0 Å².